The lowest BCUT2D eigenvalue weighted by molar-refractivity contribution is -0.141. The average molecular weight is 442 g/mol. The predicted molar refractivity (Wildman–Crippen MR) is 126 cm³/mol. The Morgan fingerprint density at radius 1 is 1.03 bits per heavy atom. The SMILES string of the molecule is CCCCCCC(C(Cc1cc2ccccc2[nH]1)C(=O)O)P(=O)(O)Cc1ccccc1. The molecular formula is C25H32NO4P. The summed E-state index contributed by atoms with van der Waals surface area (Å²) in [6, 6.07) is 18.9. The van der Waals surface area contributed by atoms with Crippen LogP contribution in [0.3, 0.4) is 0 Å². The Morgan fingerprint density at radius 2 is 1.74 bits per heavy atom. The minimum atomic E-state index is -3.75. The molecule has 0 aliphatic carbocycles. The van der Waals surface area contributed by atoms with Gasteiger partial charge in [-0.05, 0) is 29.5 Å². The predicted octanol–water partition coefficient (Wildman–Crippen LogP) is 6.22. The Morgan fingerprint density at radius 3 is 2.42 bits per heavy atom. The molecule has 0 spiro atoms. The van der Waals surface area contributed by atoms with Crippen molar-refractivity contribution >= 4 is 24.2 Å². The monoisotopic (exact) mass is 441 g/mol. The summed E-state index contributed by atoms with van der Waals surface area (Å²) < 4.78 is 13.5. The highest BCUT2D eigenvalue weighted by molar-refractivity contribution is 7.58. The molecule has 1 aromatic heterocycles. The number of unbranched alkanes of at least 4 members (excludes halogenated alkanes) is 3. The van der Waals surface area contributed by atoms with Gasteiger partial charge in [-0.2, -0.15) is 0 Å². The van der Waals surface area contributed by atoms with E-state index in [1.54, 1.807) is 0 Å². The van der Waals surface area contributed by atoms with Gasteiger partial charge in [0.1, 0.15) is 0 Å². The number of nitrogens with one attached hydrogen (secondary N) is 1. The molecule has 2 aromatic carbocycles. The molecule has 5 nitrogen and oxygen atoms in total. The molecule has 0 bridgehead atoms. The van der Waals surface area contributed by atoms with Gasteiger partial charge in [0.15, 0.2) is 0 Å². The highest BCUT2D eigenvalue weighted by Gasteiger charge is 2.40. The number of aliphatic carboxylic acids is 1. The van der Waals surface area contributed by atoms with Crippen LogP contribution in [0.2, 0.25) is 0 Å². The second kappa shape index (κ2) is 10.8. The summed E-state index contributed by atoms with van der Waals surface area (Å²) in [6.45, 7) is 2.11. The first-order chi connectivity index (χ1) is 14.9. The molecule has 3 aromatic rings. The van der Waals surface area contributed by atoms with Crippen LogP contribution in [-0.4, -0.2) is 26.6 Å². The molecular weight excluding hydrogens is 409 g/mol. The van der Waals surface area contributed by atoms with Crippen LogP contribution in [0.25, 0.3) is 10.9 Å². The quantitative estimate of drug-likeness (QED) is 0.230. The van der Waals surface area contributed by atoms with Gasteiger partial charge in [-0.1, -0.05) is 81.1 Å². The summed E-state index contributed by atoms with van der Waals surface area (Å²) in [5.74, 6) is -1.93. The van der Waals surface area contributed by atoms with E-state index in [4.69, 9.17) is 0 Å². The number of rotatable bonds is 12. The van der Waals surface area contributed by atoms with Crippen LogP contribution in [0.15, 0.2) is 60.7 Å². The molecule has 6 heteroatoms. The normalized spacial score (nSPS) is 15.4. The second-order valence-corrected chi connectivity index (χ2v) is 10.8. The van der Waals surface area contributed by atoms with Crippen molar-refractivity contribution in [1.82, 2.24) is 4.98 Å². The van der Waals surface area contributed by atoms with Crippen LogP contribution in [-0.2, 0) is 21.9 Å². The highest BCUT2D eigenvalue weighted by atomic mass is 31.2. The minimum absolute atomic E-state index is 0.00274. The lowest BCUT2D eigenvalue weighted by Crippen LogP contribution is -2.31. The Balaban J connectivity index is 1.87. The maximum absolute atomic E-state index is 13.5. The number of hydrogen-bond acceptors (Lipinski definition) is 2. The lowest BCUT2D eigenvalue weighted by Gasteiger charge is -2.28. The van der Waals surface area contributed by atoms with Crippen LogP contribution in [0.5, 0.6) is 0 Å². The zero-order valence-corrected chi connectivity index (χ0v) is 18.9. The first-order valence-electron chi connectivity index (χ1n) is 11.1. The molecule has 3 unspecified atom stereocenters. The highest BCUT2D eigenvalue weighted by Crippen LogP contribution is 2.54. The van der Waals surface area contributed by atoms with Crippen molar-refractivity contribution in [2.75, 3.05) is 0 Å². The van der Waals surface area contributed by atoms with Crippen molar-refractivity contribution < 1.29 is 19.4 Å². The third-order valence-electron chi connectivity index (χ3n) is 5.93. The third-order valence-corrected chi connectivity index (χ3v) is 8.40. The number of para-hydroxylation sites is 1. The van der Waals surface area contributed by atoms with E-state index < -0.39 is 24.9 Å². The number of H-pyrrole nitrogens is 1. The van der Waals surface area contributed by atoms with Crippen molar-refractivity contribution in [2.24, 2.45) is 5.92 Å². The van der Waals surface area contributed by atoms with E-state index in [1.807, 2.05) is 60.7 Å². The zero-order valence-electron chi connectivity index (χ0n) is 18.0. The fourth-order valence-corrected chi connectivity index (χ4v) is 6.64. The fraction of sp³-hybridized carbons (Fsp3) is 0.400. The van der Waals surface area contributed by atoms with Crippen LogP contribution >= 0.6 is 7.37 Å². The summed E-state index contributed by atoms with van der Waals surface area (Å²) in [5.41, 5.74) is 1.71. The van der Waals surface area contributed by atoms with Crippen molar-refractivity contribution in [3.8, 4) is 0 Å². The van der Waals surface area contributed by atoms with Gasteiger partial charge >= 0.3 is 5.97 Å². The smallest absolute Gasteiger partial charge is 0.307 e. The fourth-order valence-electron chi connectivity index (χ4n) is 4.29. The Hall–Kier alpha value is -2.36. The average Bonchev–Trinajstić information content (AvgIpc) is 3.15. The lowest BCUT2D eigenvalue weighted by atomic mass is 9.95. The largest absolute Gasteiger partial charge is 0.481 e. The van der Waals surface area contributed by atoms with E-state index in [1.165, 1.54) is 0 Å². The molecule has 0 aliphatic rings. The molecule has 0 saturated carbocycles. The molecule has 0 fully saturated rings. The number of carboxylic acids is 1. The molecule has 166 valence electrons. The van der Waals surface area contributed by atoms with Gasteiger partial charge in [0, 0.05) is 29.5 Å². The first kappa shape index (κ1) is 23.3. The van der Waals surface area contributed by atoms with Gasteiger partial charge in [-0.3, -0.25) is 9.36 Å². The summed E-state index contributed by atoms with van der Waals surface area (Å²) >= 11 is 0. The molecule has 0 aliphatic heterocycles. The van der Waals surface area contributed by atoms with E-state index in [2.05, 4.69) is 11.9 Å². The van der Waals surface area contributed by atoms with Gasteiger partial charge in [0.2, 0.25) is 7.37 Å². The Kier molecular flexibility index (Phi) is 8.11. The number of fused-ring (bicyclic) bond motifs is 1. The van der Waals surface area contributed by atoms with Gasteiger partial charge in [0.25, 0.3) is 0 Å². The minimum Gasteiger partial charge on any atom is -0.481 e. The molecule has 3 rings (SSSR count). The zero-order chi connectivity index (χ0) is 22.3. The van der Waals surface area contributed by atoms with Gasteiger partial charge in [-0.25, -0.2) is 0 Å². The summed E-state index contributed by atoms with van der Waals surface area (Å²) in [5, 5.41) is 11.1. The molecule has 3 atom stereocenters. The van der Waals surface area contributed by atoms with Gasteiger partial charge < -0.3 is 15.0 Å². The van der Waals surface area contributed by atoms with Crippen LogP contribution in [0.1, 0.15) is 50.3 Å². The summed E-state index contributed by atoms with van der Waals surface area (Å²) in [6.07, 6.45) is 4.46. The molecule has 0 radical (unpaired) electrons. The molecule has 1 heterocycles. The standard InChI is InChI=1S/C25H32NO4P/c1-2-3-4-8-15-24(31(29,30)18-19-11-6-5-7-12-19)22(25(27)28)17-21-16-20-13-9-10-14-23(20)26-21/h5-7,9-14,16,22,24,26H,2-4,8,15,17-18H2,1H3,(H,27,28)(H,29,30). The molecule has 31 heavy (non-hydrogen) atoms. The van der Waals surface area contributed by atoms with E-state index in [-0.39, 0.29) is 12.6 Å². The first-order valence-corrected chi connectivity index (χ1v) is 13.0. The Labute approximate surface area is 184 Å². The summed E-state index contributed by atoms with van der Waals surface area (Å²) in [4.78, 5) is 26.7. The maximum Gasteiger partial charge on any atom is 0.307 e. The Bertz CT molecular complexity index is 997. The maximum atomic E-state index is 13.5. The number of carbonyl (C=O) groups is 1. The van der Waals surface area contributed by atoms with Crippen LogP contribution < -0.4 is 0 Å². The van der Waals surface area contributed by atoms with Crippen molar-refractivity contribution in [3.63, 3.8) is 0 Å². The number of hydrogen-bond donors (Lipinski definition) is 3. The topological polar surface area (TPSA) is 90.4 Å². The van der Waals surface area contributed by atoms with E-state index in [9.17, 15) is 19.4 Å². The van der Waals surface area contributed by atoms with E-state index in [0.29, 0.717) is 6.42 Å². The van der Waals surface area contributed by atoms with Crippen molar-refractivity contribution in [2.45, 2.75) is 57.3 Å². The van der Waals surface area contributed by atoms with Crippen molar-refractivity contribution in [1.29, 1.82) is 0 Å². The van der Waals surface area contributed by atoms with Crippen LogP contribution in [0.4, 0.5) is 0 Å². The van der Waals surface area contributed by atoms with Crippen molar-refractivity contribution in [3.05, 3.63) is 71.9 Å². The molecule has 0 amide bonds. The van der Waals surface area contributed by atoms with E-state index >= 15 is 0 Å². The number of aromatic nitrogens is 1. The molecule has 0 saturated heterocycles. The second-order valence-electron chi connectivity index (χ2n) is 8.35. The number of carboxylic acid groups (broad SMARTS) is 1. The number of aromatic amines is 1. The third kappa shape index (κ3) is 6.32. The van der Waals surface area contributed by atoms with Gasteiger partial charge in [0.05, 0.1) is 5.92 Å². The number of benzene rings is 2. The summed E-state index contributed by atoms with van der Waals surface area (Å²) in [7, 11) is -3.75. The van der Waals surface area contributed by atoms with Gasteiger partial charge in [-0.15, -0.1) is 0 Å². The van der Waals surface area contributed by atoms with E-state index in [0.717, 1.165) is 47.8 Å². The molecule has 3 N–H and O–H groups in total. The van der Waals surface area contributed by atoms with Crippen LogP contribution in [0, 0.1) is 5.92 Å².